The number of sulfonamides is 1. The number of hydrogen-bond donors (Lipinski definition) is 1. The molecule has 0 aliphatic rings. The van der Waals surface area contributed by atoms with Gasteiger partial charge < -0.3 is 4.74 Å². The maximum atomic E-state index is 11.5. The average Bonchev–Trinajstić information content (AvgIpc) is 2.27. The van der Waals surface area contributed by atoms with E-state index < -0.39 is 10.0 Å². The van der Waals surface area contributed by atoms with E-state index in [-0.39, 0.29) is 4.90 Å². The number of hydrogen-bond acceptors (Lipinski definition) is 3. The highest BCUT2D eigenvalue weighted by Crippen LogP contribution is 2.28. The smallest absolute Gasteiger partial charge is 0.241 e. The molecule has 96 valence electrons. The van der Waals surface area contributed by atoms with Crippen LogP contribution in [0.3, 0.4) is 0 Å². The predicted molar refractivity (Wildman–Crippen MR) is 67.7 cm³/mol. The van der Waals surface area contributed by atoms with Crippen LogP contribution >= 0.6 is 0 Å². The van der Waals surface area contributed by atoms with E-state index in [1.54, 1.807) is 19.1 Å². The largest absolute Gasteiger partial charge is 0.492 e. The Morgan fingerprint density at radius 3 is 2.47 bits per heavy atom. The molecule has 0 aliphatic carbocycles. The quantitative estimate of drug-likeness (QED) is 0.879. The van der Waals surface area contributed by atoms with Gasteiger partial charge in [-0.25, -0.2) is 13.6 Å². The molecule has 1 rings (SSSR count). The van der Waals surface area contributed by atoms with E-state index in [1.165, 1.54) is 0 Å². The summed E-state index contributed by atoms with van der Waals surface area (Å²) >= 11 is 0. The Morgan fingerprint density at radius 1 is 1.35 bits per heavy atom. The van der Waals surface area contributed by atoms with Gasteiger partial charge in [-0.05, 0) is 37.0 Å². The van der Waals surface area contributed by atoms with Crippen molar-refractivity contribution in [1.82, 2.24) is 0 Å². The highest BCUT2D eigenvalue weighted by Gasteiger charge is 2.17. The minimum Gasteiger partial charge on any atom is -0.492 e. The van der Waals surface area contributed by atoms with Crippen LogP contribution in [0.15, 0.2) is 23.1 Å². The molecule has 5 heteroatoms. The summed E-state index contributed by atoms with van der Waals surface area (Å²) in [5.74, 6) is 0.619. The van der Waals surface area contributed by atoms with Crippen LogP contribution < -0.4 is 9.88 Å². The lowest BCUT2D eigenvalue weighted by Gasteiger charge is -2.13. The Labute approximate surface area is 103 Å². The Bertz CT molecular complexity index is 483. The molecule has 0 radical (unpaired) electrons. The fourth-order valence-corrected chi connectivity index (χ4v) is 2.27. The van der Waals surface area contributed by atoms with Gasteiger partial charge in [-0.3, -0.25) is 0 Å². The third-order valence-electron chi connectivity index (χ3n) is 2.76. The standard InChI is InChI=1S/C12H19NO3S/c1-4-9(3)10-6-7-11(16-5-2)12(8-10)17(13,14)15/h6-9H,4-5H2,1-3H3,(H2,13,14,15). The molecule has 1 aromatic carbocycles. The Hall–Kier alpha value is -1.07. The predicted octanol–water partition coefficient (Wildman–Crippen LogP) is 2.25. The number of benzene rings is 1. The zero-order valence-corrected chi connectivity index (χ0v) is 11.3. The average molecular weight is 257 g/mol. The van der Waals surface area contributed by atoms with Gasteiger partial charge in [-0.15, -0.1) is 0 Å². The van der Waals surface area contributed by atoms with Gasteiger partial charge in [-0.1, -0.05) is 19.9 Å². The molecule has 0 amide bonds. The molecule has 0 aliphatic heterocycles. The maximum Gasteiger partial charge on any atom is 0.241 e. The fourth-order valence-electron chi connectivity index (χ4n) is 1.56. The third-order valence-corrected chi connectivity index (χ3v) is 3.69. The summed E-state index contributed by atoms with van der Waals surface area (Å²) < 4.78 is 28.3. The highest BCUT2D eigenvalue weighted by molar-refractivity contribution is 7.89. The van der Waals surface area contributed by atoms with Gasteiger partial charge in [0.05, 0.1) is 6.61 Å². The van der Waals surface area contributed by atoms with Gasteiger partial charge in [0.25, 0.3) is 0 Å². The lowest BCUT2D eigenvalue weighted by molar-refractivity contribution is 0.331. The van der Waals surface area contributed by atoms with Crippen LogP contribution in [0, 0.1) is 0 Å². The molecule has 0 fully saturated rings. The zero-order chi connectivity index (χ0) is 13.1. The van der Waals surface area contributed by atoms with Gasteiger partial charge >= 0.3 is 0 Å². The lowest BCUT2D eigenvalue weighted by atomic mass is 9.99. The van der Waals surface area contributed by atoms with Gasteiger partial charge in [0.1, 0.15) is 10.6 Å². The van der Waals surface area contributed by atoms with Crippen molar-refractivity contribution in [2.45, 2.75) is 38.0 Å². The Balaban J connectivity index is 3.29. The summed E-state index contributed by atoms with van der Waals surface area (Å²) in [5, 5.41) is 5.19. The molecule has 0 aromatic heterocycles. The van der Waals surface area contributed by atoms with Crippen LogP contribution in [0.5, 0.6) is 5.75 Å². The monoisotopic (exact) mass is 257 g/mol. The molecule has 0 saturated heterocycles. The fraction of sp³-hybridized carbons (Fsp3) is 0.500. The molecule has 1 unspecified atom stereocenters. The van der Waals surface area contributed by atoms with Crippen LogP contribution in [0.4, 0.5) is 0 Å². The van der Waals surface area contributed by atoms with Crippen LogP contribution in [-0.4, -0.2) is 15.0 Å². The first kappa shape index (κ1) is 14.0. The van der Waals surface area contributed by atoms with Gasteiger partial charge in [0.15, 0.2) is 0 Å². The molecular weight excluding hydrogens is 238 g/mol. The van der Waals surface area contributed by atoms with E-state index in [1.807, 2.05) is 13.0 Å². The van der Waals surface area contributed by atoms with Crippen LogP contribution in [0.1, 0.15) is 38.7 Å². The third kappa shape index (κ3) is 3.44. The second-order valence-electron chi connectivity index (χ2n) is 3.99. The Morgan fingerprint density at radius 2 is 2.00 bits per heavy atom. The number of ether oxygens (including phenoxy) is 1. The first-order valence-corrected chi connectivity index (χ1v) is 7.24. The van der Waals surface area contributed by atoms with E-state index in [0.717, 1.165) is 12.0 Å². The van der Waals surface area contributed by atoms with E-state index in [2.05, 4.69) is 6.92 Å². The van der Waals surface area contributed by atoms with Crippen molar-refractivity contribution in [1.29, 1.82) is 0 Å². The first-order chi connectivity index (χ1) is 7.90. The molecule has 1 aromatic rings. The number of nitrogens with two attached hydrogens (primary N) is 1. The molecule has 17 heavy (non-hydrogen) atoms. The van der Waals surface area contributed by atoms with Crippen molar-refractivity contribution in [3.63, 3.8) is 0 Å². The summed E-state index contributed by atoms with van der Waals surface area (Å²) in [6.07, 6.45) is 0.943. The SMILES string of the molecule is CCOc1ccc(C(C)CC)cc1S(N)(=O)=O. The summed E-state index contributed by atoms with van der Waals surface area (Å²) in [5.41, 5.74) is 0.958. The van der Waals surface area contributed by atoms with E-state index in [4.69, 9.17) is 9.88 Å². The summed E-state index contributed by atoms with van der Waals surface area (Å²) in [7, 11) is -3.74. The van der Waals surface area contributed by atoms with Crippen molar-refractivity contribution < 1.29 is 13.2 Å². The van der Waals surface area contributed by atoms with Gasteiger partial charge in [0, 0.05) is 0 Å². The number of rotatable bonds is 5. The summed E-state index contributed by atoms with van der Waals surface area (Å²) in [6, 6.07) is 5.16. The topological polar surface area (TPSA) is 69.4 Å². The lowest BCUT2D eigenvalue weighted by Crippen LogP contribution is -2.14. The Kier molecular flexibility index (Phi) is 4.54. The van der Waals surface area contributed by atoms with Crippen molar-refractivity contribution in [2.24, 2.45) is 5.14 Å². The molecule has 4 nitrogen and oxygen atoms in total. The number of primary sulfonamides is 1. The zero-order valence-electron chi connectivity index (χ0n) is 10.4. The van der Waals surface area contributed by atoms with Crippen molar-refractivity contribution in [3.8, 4) is 5.75 Å². The molecular formula is C12H19NO3S. The van der Waals surface area contributed by atoms with Crippen LogP contribution in [-0.2, 0) is 10.0 Å². The van der Waals surface area contributed by atoms with Crippen molar-refractivity contribution >= 4 is 10.0 Å². The second kappa shape index (κ2) is 5.51. The highest BCUT2D eigenvalue weighted by atomic mass is 32.2. The second-order valence-corrected chi connectivity index (χ2v) is 5.52. The van der Waals surface area contributed by atoms with Crippen molar-refractivity contribution in [2.75, 3.05) is 6.61 Å². The van der Waals surface area contributed by atoms with E-state index in [0.29, 0.717) is 18.3 Å². The summed E-state index contributed by atoms with van der Waals surface area (Å²) in [6.45, 7) is 6.31. The van der Waals surface area contributed by atoms with Crippen molar-refractivity contribution in [3.05, 3.63) is 23.8 Å². The van der Waals surface area contributed by atoms with E-state index >= 15 is 0 Å². The summed E-state index contributed by atoms with van der Waals surface area (Å²) in [4.78, 5) is 0.0668. The molecule has 2 N–H and O–H groups in total. The minimum atomic E-state index is -3.74. The van der Waals surface area contributed by atoms with Gasteiger partial charge in [-0.2, -0.15) is 0 Å². The minimum absolute atomic E-state index is 0.0668. The maximum absolute atomic E-state index is 11.5. The molecule has 0 saturated carbocycles. The molecule has 1 atom stereocenters. The van der Waals surface area contributed by atoms with Gasteiger partial charge in [0.2, 0.25) is 10.0 Å². The molecule has 0 spiro atoms. The van der Waals surface area contributed by atoms with Crippen LogP contribution in [0.2, 0.25) is 0 Å². The van der Waals surface area contributed by atoms with E-state index in [9.17, 15) is 8.42 Å². The first-order valence-electron chi connectivity index (χ1n) is 5.69. The van der Waals surface area contributed by atoms with Crippen LogP contribution in [0.25, 0.3) is 0 Å². The normalized spacial score (nSPS) is 13.4. The molecule has 0 heterocycles. The molecule has 0 bridgehead atoms.